The van der Waals surface area contributed by atoms with E-state index < -0.39 is 42.4 Å². The number of thioether (sulfide) groups is 4. The molecule has 0 atom stereocenters. The Labute approximate surface area is 243 Å². The lowest BCUT2D eigenvalue weighted by Crippen LogP contribution is -1.99. The standard InChI is InChI=1S/C24H16N4O8S4/c1-37-23-24(38-2)40-20(39-23)8-6-4-3-5-7-15-16-9-13(25(29)30)11-18(27(33)34)21(16)22-17(15)10-14(26(31)32)12-19(22)28(35)36/h3-12H,1-2H3/b5-3+,6-4+. The van der Waals surface area contributed by atoms with Crippen LogP contribution in [0.15, 0.2) is 73.4 Å². The van der Waals surface area contributed by atoms with Gasteiger partial charge in [-0.1, -0.05) is 53.9 Å². The third-order valence-electron chi connectivity index (χ3n) is 5.60. The number of benzene rings is 2. The van der Waals surface area contributed by atoms with E-state index in [0.29, 0.717) is 0 Å². The summed E-state index contributed by atoms with van der Waals surface area (Å²) in [5, 5.41) is 46.8. The molecule has 0 radical (unpaired) electrons. The molecule has 0 unspecified atom stereocenters. The highest BCUT2D eigenvalue weighted by molar-refractivity contribution is 8.40. The summed E-state index contributed by atoms with van der Waals surface area (Å²) in [6, 6.07) is 3.60. The minimum absolute atomic E-state index is 0.00531. The van der Waals surface area contributed by atoms with Gasteiger partial charge >= 0.3 is 0 Å². The van der Waals surface area contributed by atoms with Gasteiger partial charge in [-0.15, -0.1) is 23.5 Å². The van der Waals surface area contributed by atoms with Crippen molar-refractivity contribution in [3.63, 3.8) is 0 Å². The van der Waals surface area contributed by atoms with Crippen LogP contribution < -0.4 is 0 Å². The number of nitrogens with zero attached hydrogens (tertiary/aromatic N) is 4. The Kier molecular flexibility index (Phi) is 8.82. The van der Waals surface area contributed by atoms with Gasteiger partial charge in [-0.3, -0.25) is 40.5 Å². The smallest absolute Gasteiger partial charge is 0.258 e. The van der Waals surface area contributed by atoms with Crippen molar-refractivity contribution in [2.45, 2.75) is 0 Å². The van der Waals surface area contributed by atoms with Crippen LogP contribution in [0.1, 0.15) is 11.1 Å². The molecule has 16 heteroatoms. The molecule has 4 rings (SSSR count). The Hall–Kier alpha value is -3.86. The van der Waals surface area contributed by atoms with Crippen LogP contribution in [0.25, 0.3) is 16.7 Å². The molecule has 0 bridgehead atoms. The van der Waals surface area contributed by atoms with Crippen LogP contribution in [-0.4, -0.2) is 32.2 Å². The summed E-state index contributed by atoms with van der Waals surface area (Å²) in [6.45, 7) is 0. The number of fused-ring (bicyclic) bond motifs is 3. The second-order valence-electron chi connectivity index (χ2n) is 7.83. The van der Waals surface area contributed by atoms with E-state index >= 15 is 0 Å². The van der Waals surface area contributed by atoms with Gasteiger partial charge in [0.05, 0.1) is 55.7 Å². The Morgan fingerprint density at radius 3 is 1.43 bits per heavy atom. The normalized spacial score (nSPS) is 14.2. The van der Waals surface area contributed by atoms with E-state index in [1.54, 1.807) is 65.3 Å². The third-order valence-corrected chi connectivity index (χ3v) is 10.7. The van der Waals surface area contributed by atoms with Crippen LogP contribution in [0.2, 0.25) is 0 Å². The highest BCUT2D eigenvalue weighted by atomic mass is 32.3. The van der Waals surface area contributed by atoms with E-state index in [2.05, 4.69) is 0 Å². The Bertz CT molecular complexity index is 1540. The summed E-state index contributed by atoms with van der Waals surface area (Å²) in [5.74, 6) is 0. The molecule has 0 amide bonds. The molecule has 2 aromatic rings. The van der Waals surface area contributed by atoms with Crippen LogP contribution in [0, 0.1) is 40.5 Å². The van der Waals surface area contributed by atoms with Crippen molar-refractivity contribution in [3.8, 4) is 11.1 Å². The van der Waals surface area contributed by atoms with Gasteiger partial charge in [0.15, 0.2) is 0 Å². The van der Waals surface area contributed by atoms with Crippen LogP contribution in [0.5, 0.6) is 0 Å². The molecule has 0 N–H and O–H groups in total. The van der Waals surface area contributed by atoms with Gasteiger partial charge in [0.2, 0.25) is 0 Å². The average Bonchev–Trinajstić information content (AvgIpc) is 3.47. The Balaban J connectivity index is 1.81. The molecule has 40 heavy (non-hydrogen) atoms. The van der Waals surface area contributed by atoms with Crippen LogP contribution in [-0.2, 0) is 0 Å². The van der Waals surface area contributed by atoms with E-state index in [-0.39, 0.29) is 27.8 Å². The van der Waals surface area contributed by atoms with Crippen LogP contribution in [0.4, 0.5) is 22.7 Å². The van der Waals surface area contributed by atoms with E-state index in [0.717, 1.165) is 28.5 Å². The SMILES string of the molecule is CSC1=C(SC)SC(=C/C=C/C=C/C=C2c3cc([N+](=O)[O-])cc([N+](=O)[O-])c3-c3c2cc([N+](=O)[O-])cc3[N+](=O)[O-])S1. The molecule has 0 spiro atoms. The number of allylic oxidation sites excluding steroid dienone is 6. The molecule has 0 fully saturated rings. The zero-order valence-electron chi connectivity index (χ0n) is 20.5. The van der Waals surface area contributed by atoms with Gasteiger partial charge in [-0.2, -0.15) is 0 Å². The Morgan fingerprint density at radius 2 is 1.05 bits per heavy atom. The molecule has 0 saturated carbocycles. The molecule has 0 aromatic heterocycles. The first-order valence-corrected chi connectivity index (χ1v) is 15.0. The molecule has 204 valence electrons. The minimum Gasteiger partial charge on any atom is -0.258 e. The van der Waals surface area contributed by atoms with E-state index in [4.69, 9.17) is 0 Å². The first kappa shape index (κ1) is 29.1. The topological polar surface area (TPSA) is 173 Å². The maximum atomic E-state index is 11.9. The summed E-state index contributed by atoms with van der Waals surface area (Å²) in [5.41, 5.74) is -2.88. The first-order chi connectivity index (χ1) is 19.1. The van der Waals surface area contributed by atoms with Gasteiger partial charge in [-0.05, 0) is 24.2 Å². The van der Waals surface area contributed by atoms with E-state index in [1.807, 2.05) is 24.7 Å². The van der Waals surface area contributed by atoms with E-state index in [1.165, 1.54) is 14.6 Å². The van der Waals surface area contributed by atoms with Crippen molar-refractivity contribution < 1.29 is 19.7 Å². The predicted molar refractivity (Wildman–Crippen MR) is 161 cm³/mol. The largest absolute Gasteiger partial charge is 0.284 e. The molecule has 2 aromatic carbocycles. The lowest BCUT2D eigenvalue weighted by atomic mass is 10.0. The van der Waals surface area contributed by atoms with Crippen molar-refractivity contribution >= 4 is 75.4 Å². The molecular weight excluding hydrogens is 601 g/mol. The molecule has 1 aliphatic heterocycles. The zero-order valence-corrected chi connectivity index (χ0v) is 23.7. The second-order valence-corrected chi connectivity index (χ2v) is 12.3. The number of nitro benzene ring substituents is 4. The average molecular weight is 617 g/mol. The monoisotopic (exact) mass is 616 g/mol. The van der Waals surface area contributed by atoms with Crippen molar-refractivity contribution in [2.75, 3.05) is 12.5 Å². The van der Waals surface area contributed by atoms with Crippen molar-refractivity contribution in [1.82, 2.24) is 0 Å². The maximum Gasteiger partial charge on any atom is 0.284 e. The number of nitro groups is 4. The van der Waals surface area contributed by atoms with Gasteiger partial charge in [-0.25, -0.2) is 0 Å². The van der Waals surface area contributed by atoms with Gasteiger partial charge in [0, 0.05) is 23.3 Å². The number of hydrogen-bond donors (Lipinski definition) is 0. The molecule has 1 heterocycles. The molecule has 1 aliphatic carbocycles. The lowest BCUT2D eigenvalue weighted by Gasteiger charge is -2.04. The fourth-order valence-corrected chi connectivity index (χ4v) is 8.86. The van der Waals surface area contributed by atoms with Crippen molar-refractivity contribution in [1.29, 1.82) is 0 Å². The van der Waals surface area contributed by atoms with Crippen LogP contribution in [0.3, 0.4) is 0 Å². The van der Waals surface area contributed by atoms with Gasteiger partial charge < -0.3 is 0 Å². The molecule has 2 aliphatic rings. The van der Waals surface area contributed by atoms with Gasteiger partial charge in [0.1, 0.15) is 0 Å². The quantitative estimate of drug-likeness (QED) is 0.129. The highest BCUT2D eigenvalue weighted by Crippen LogP contribution is 2.56. The van der Waals surface area contributed by atoms with Crippen molar-refractivity contribution in [2.24, 2.45) is 0 Å². The first-order valence-electron chi connectivity index (χ1n) is 10.9. The third kappa shape index (κ3) is 5.70. The zero-order chi connectivity index (χ0) is 29.1. The minimum atomic E-state index is -0.866. The summed E-state index contributed by atoms with van der Waals surface area (Å²) < 4.78 is 3.54. The number of non-ortho nitro benzene ring substituents is 2. The Morgan fingerprint density at radius 1 is 0.625 bits per heavy atom. The highest BCUT2D eigenvalue weighted by Gasteiger charge is 2.40. The summed E-state index contributed by atoms with van der Waals surface area (Å²) in [4.78, 5) is 43.4. The van der Waals surface area contributed by atoms with Crippen LogP contribution >= 0.6 is 47.0 Å². The molecular formula is C24H16N4O8S4. The predicted octanol–water partition coefficient (Wildman–Crippen LogP) is 8.02. The fraction of sp³-hybridized carbons (Fsp3) is 0.0833. The fourth-order valence-electron chi connectivity index (χ4n) is 4.02. The van der Waals surface area contributed by atoms with Crippen molar-refractivity contribution in [3.05, 3.63) is 125 Å². The number of rotatable bonds is 9. The summed E-state index contributed by atoms with van der Waals surface area (Å²) >= 11 is 6.68. The van der Waals surface area contributed by atoms with Gasteiger partial charge in [0.25, 0.3) is 22.7 Å². The lowest BCUT2D eigenvalue weighted by molar-refractivity contribution is -0.395. The maximum absolute atomic E-state index is 11.9. The second kappa shape index (κ2) is 12.1. The molecule has 0 saturated heterocycles. The summed E-state index contributed by atoms with van der Waals surface area (Å²) in [6.07, 6.45) is 14.2. The number of hydrogen-bond acceptors (Lipinski definition) is 12. The summed E-state index contributed by atoms with van der Waals surface area (Å²) in [7, 11) is 0. The van der Waals surface area contributed by atoms with E-state index in [9.17, 15) is 40.5 Å². The molecule has 12 nitrogen and oxygen atoms in total.